The van der Waals surface area contributed by atoms with Crippen LogP contribution in [0.1, 0.15) is 38.0 Å². The molecule has 2 heterocycles. The molecule has 0 aromatic carbocycles. The minimum absolute atomic E-state index is 0.225. The van der Waals surface area contributed by atoms with E-state index in [0.717, 1.165) is 5.69 Å². The van der Waals surface area contributed by atoms with Gasteiger partial charge in [-0.2, -0.15) is 5.10 Å². The first kappa shape index (κ1) is 12.8. The molecule has 1 aliphatic rings. The molecule has 1 aromatic heterocycles. The number of hydrogen-bond acceptors (Lipinski definition) is 4. The van der Waals surface area contributed by atoms with Gasteiger partial charge in [-0.25, -0.2) is 0 Å². The molecule has 1 aliphatic heterocycles. The Morgan fingerprint density at radius 1 is 1.53 bits per heavy atom. The summed E-state index contributed by atoms with van der Waals surface area (Å²) >= 11 is 6.12. The van der Waals surface area contributed by atoms with Gasteiger partial charge in [0.05, 0.1) is 36.2 Å². The van der Waals surface area contributed by atoms with Crippen molar-refractivity contribution in [2.24, 2.45) is 5.73 Å². The van der Waals surface area contributed by atoms with Crippen molar-refractivity contribution in [1.29, 1.82) is 0 Å². The monoisotopic (exact) mass is 259 g/mol. The minimum Gasteiger partial charge on any atom is -0.350 e. The summed E-state index contributed by atoms with van der Waals surface area (Å²) in [6.07, 6.45) is 2.00. The molecule has 6 heteroatoms. The van der Waals surface area contributed by atoms with Gasteiger partial charge in [-0.3, -0.25) is 4.68 Å². The number of hydrogen-bond donors (Lipinski definition) is 1. The molecule has 96 valence electrons. The lowest BCUT2D eigenvalue weighted by atomic mass is 10.1. The highest BCUT2D eigenvalue weighted by Crippen LogP contribution is 2.28. The predicted molar refractivity (Wildman–Crippen MR) is 64.9 cm³/mol. The normalized spacial score (nSPS) is 19.1. The van der Waals surface area contributed by atoms with Crippen LogP contribution in [0.3, 0.4) is 0 Å². The van der Waals surface area contributed by atoms with Crippen molar-refractivity contribution in [2.45, 2.75) is 38.6 Å². The Morgan fingerprint density at radius 2 is 2.18 bits per heavy atom. The number of halogens is 1. The SMILES string of the molecule is CC(C)n1ncc(Cl)c1C(N)CC1OCCO1. The minimum atomic E-state index is -0.226. The van der Waals surface area contributed by atoms with E-state index in [1.807, 2.05) is 18.5 Å². The molecule has 17 heavy (non-hydrogen) atoms. The quantitative estimate of drug-likeness (QED) is 0.897. The van der Waals surface area contributed by atoms with E-state index in [4.69, 9.17) is 26.8 Å². The molecular formula is C11H18ClN3O2. The third kappa shape index (κ3) is 2.80. The number of nitrogens with zero attached hydrogens (tertiary/aromatic N) is 2. The summed E-state index contributed by atoms with van der Waals surface area (Å²) in [5, 5.41) is 4.84. The van der Waals surface area contributed by atoms with Crippen molar-refractivity contribution in [3.8, 4) is 0 Å². The fraction of sp³-hybridized carbons (Fsp3) is 0.727. The second kappa shape index (κ2) is 5.35. The van der Waals surface area contributed by atoms with Crippen LogP contribution in [0.25, 0.3) is 0 Å². The van der Waals surface area contributed by atoms with Gasteiger partial charge in [-0.05, 0) is 13.8 Å². The first-order chi connectivity index (χ1) is 8.09. The summed E-state index contributed by atoms with van der Waals surface area (Å²) in [4.78, 5) is 0. The van der Waals surface area contributed by atoms with Crippen LogP contribution in [0.5, 0.6) is 0 Å². The highest BCUT2D eigenvalue weighted by molar-refractivity contribution is 6.31. The molecule has 0 amide bonds. The number of aromatic nitrogens is 2. The molecule has 2 N–H and O–H groups in total. The number of rotatable bonds is 4. The first-order valence-corrected chi connectivity index (χ1v) is 6.19. The zero-order valence-electron chi connectivity index (χ0n) is 10.1. The summed E-state index contributed by atoms with van der Waals surface area (Å²) in [6, 6.07) is 0.00413. The third-order valence-corrected chi connectivity index (χ3v) is 3.06. The summed E-state index contributed by atoms with van der Waals surface area (Å²) in [7, 11) is 0. The maximum atomic E-state index is 6.15. The van der Waals surface area contributed by atoms with Gasteiger partial charge in [-0.1, -0.05) is 11.6 Å². The van der Waals surface area contributed by atoms with Crippen molar-refractivity contribution in [3.05, 3.63) is 16.9 Å². The lowest BCUT2D eigenvalue weighted by Gasteiger charge is -2.19. The van der Waals surface area contributed by atoms with E-state index in [2.05, 4.69) is 5.10 Å². The molecule has 5 nitrogen and oxygen atoms in total. The maximum Gasteiger partial charge on any atom is 0.159 e. The van der Waals surface area contributed by atoms with Crippen molar-refractivity contribution >= 4 is 11.6 Å². The van der Waals surface area contributed by atoms with Crippen LogP contribution in [-0.4, -0.2) is 29.3 Å². The zero-order chi connectivity index (χ0) is 12.4. The van der Waals surface area contributed by atoms with Crippen molar-refractivity contribution in [2.75, 3.05) is 13.2 Å². The first-order valence-electron chi connectivity index (χ1n) is 5.81. The van der Waals surface area contributed by atoms with Crippen LogP contribution in [-0.2, 0) is 9.47 Å². The van der Waals surface area contributed by atoms with Crippen LogP contribution < -0.4 is 5.73 Å². The Labute approximate surface area is 106 Å². The van der Waals surface area contributed by atoms with E-state index in [9.17, 15) is 0 Å². The fourth-order valence-electron chi connectivity index (χ4n) is 1.97. The maximum absolute atomic E-state index is 6.15. The smallest absolute Gasteiger partial charge is 0.159 e. The van der Waals surface area contributed by atoms with Gasteiger partial charge in [0.1, 0.15) is 0 Å². The summed E-state index contributed by atoms with van der Waals surface area (Å²) in [5.41, 5.74) is 7.00. The largest absolute Gasteiger partial charge is 0.350 e. The Balaban J connectivity index is 2.11. The van der Waals surface area contributed by atoms with Gasteiger partial charge in [0.25, 0.3) is 0 Å². The summed E-state index contributed by atoms with van der Waals surface area (Å²) in [6.45, 7) is 5.35. The van der Waals surface area contributed by atoms with Gasteiger partial charge in [0, 0.05) is 12.5 Å². The molecule has 0 spiro atoms. The lowest BCUT2D eigenvalue weighted by molar-refractivity contribution is -0.0512. The van der Waals surface area contributed by atoms with Crippen LogP contribution in [0.15, 0.2) is 6.20 Å². The zero-order valence-corrected chi connectivity index (χ0v) is 10.9. The highest BCUT2D eigenvalue weighted by atomic mass is 35.5. The summed E-state index contributed by atoms with van der Waals surface area (Å²) in [5.74, 6) is 0. The van der Waals surface area contributed by atoms with Crippen LogP contribution in [0, 0.1) is 0 Å². The Morgan fingerprint density at radius 3 is 2.76 bits per heavy atom. The number of nitrogens with two attached hydrogens (primary N) is 1. The van der Waals surface area contributed by atoms with E-state index in [0.29, 0.717) is 24.7 Å². The Bertz CT molecular complexity index is 375. The lowest BCUT2D eigenvalue weighted by Crippen LogP contribution is -2.23. The molecule has 0 saturated carbocycles. The van der Waals surface area contributed by atoms with Gasteiger partial charge in [0.2, 0.25) is 0 Å². The third-order valence-electron chi connectivity index (χ3n) is 2.76. The van der Waals surface area contributed by atoms with Gasteiger partial charge in [0.15, 0.2) is 6.29 Å². The molecule has 2 rings (SSSR count). The predicted octanol–water partition coefficient (Wildman–Crippen LogP) is 1.88. The van der Waals surface area contributed by atoms with Crippen LogP contribution in [0.4, 0.5) is 0 Å². The topological polar surface area (TPSA) is 62.3 Å². The van der Waals surface area contributed by atoms with E-state index >= 15 is 0 Å². The van der Waals surface area contributed by atoms with E-state index < -0.39 is 0 Å². The second-order valence-corrected chi connectivity index (χ2v) is 4.84. The second-order valence-electron chi connectivity index (χ2n) is 4.43. The summed E-state index contributed by atoms with van der Waals surface area (Å²) < 4.78 is 12.6. The van der Waals surface area contributed by atoms with Crippen molar-refractivity contribution < 1.29 is 9.47 Å². The van der Waals surface area contributed by atoms with E-state index in [-0.39, 0.29) is 18.4 Å². The van der Waals surface area contributed by atoms with Crippen LogP contribution in [0.2, 0.25) is 5.02 Å². The molecule has 1 fully saturated rings. The molecule has 1 atom stereocenters. The molecule has 1 aromatic rings. The molecule has 0 radical (unpaired) electrons. The van der Waals surface area contributed by atoms with Crippen LogP contribution >= 0.6 is 11.6 Å². The molecule has 1 saturated heterocycles. The van der Waals surface area contributed by atoms with Gasteiger partial charge < -0.3 is 15.2 Å². The van der Waals surface area contributed by atoms with Gasteiger partial charge >= 0.3 is 0 Å². The average molecular weight is 260 g/mol. The van der Waals surface area contributed by atoms with E-state index in [1.165, 1.54) is 0 Å². The van der Waals surface area contributed by atoms with Gasteiger partial charge in [-0.15, -0.1) is 0 Å². The Kier molecular flexibility index (Phi) is 4.04. The van der Waals surface area contributed by atoms with E-state index in [1.54, 1.807) is 6.20 Å². The molecule has 0 aliphatic carbocycles. The van der Waals surface area contributed by atoms with Crippen molar-refractivity contribution in [1.82, 2.24) is 9.78 Å². The number of ether oxygens (including phenoxy) is 2. The average Bonchev–Trinajstić information content (AvgIpc) is 2.86. The molecule has 0 bridgehead atoms. The Hall–Kier alpha value is -0.620. The fourth-order valence-corrected chi connectivity index (χ4v) is 2.24. The molecule has 1 unspecified atom stereocenters. The standard InChI is InChI=1S/C11H18ClN3O2/c1-7(2)15-11(8(12)6-14-15)9(13)5-10-16-3-4-17-10/h6-7,9-10H,3-5,13H2,1-2H3. The highest BCUT2D eigenvalue weighted by Gasteiger charge is 2.24. The molecular weight excluding hydrogens is 242 g/mol. The van der Waals surface area contributed by atoms with Crippen molar-refractivity contribution in [3.63, 3.8) is 0 Å².